The van der Waals surface area contributed by atoms with Crippen LogP contribution in [0.2, 0.25) is 0 Å². The van der Waals surface area contributed by atoms with Crippen LogP contribution in [0.1, 0.15) is 192 Å². The van der Waals surface area contributed by atoms with E-state index < -0.39 is 0 Å². The second kappa shape index (κ2) is 30.0. The lowest BCUT2D eigenvalue weighted by Gasteiger charge is -2.31. The van der Waals surface area contributed by atoms with Crippen molar-refractivity contribution in [2.45, 2.75) is 194 Å². The molecule has 1 heteroatoms. The van der Waals surface area contributed by atoms with Gasteiger partial charge < -0.3 is 0 Å². The van der Waals surface area contributed by atoms with E-state index in [0.717, 1.165) is 17.6 Å². The number of quaternary nitrogens is 1. The Kier molecular flexibility index (Phi) is 26.2. The molecular weight excluding hydrogens is 567 g/mol. The van der Waals surface area contributed by atoms with Crippen molar-refractivity contribution < 1.29 is 4.48 Å². The van der Waals surface area contributed by atoms with Crippen LogP contribution in [0.4, 0.5) is 0 Å². The molecule has 0 saturated carbocycles. The lowest BCUT2D eigenvalue weighted by atomic mass is 10.0. The maximum absolute atomic E-state index is 2.53. The van der Waals surface area contributed by atoms with Crippen molar-refractivity contribution in [1.82, 2.24) is 0 Å². The minimum absolute atomic E-state index is 0.866. The van der Waals surface area contributed by atoms with Crippen LogP contribution in [0.15, 0.2) is 85.2 Å². The van der Waals surface area contributed by atoms with Crippen LogP contribution in [0, 0.1) is 0 Å². The van der Waals surface area contributed by atoms with Crippen LogP contribution < -0.4 is 0 Å². The molecular formula is C46H76N+. The summed E-state index contributed by atoms with van der Waals surface area (Å²) in [4.78, 5) is 0. The molecule has 0 spiro atoms. The second-order valence-corrected chi connectivity index (χ2v) is 14.5. The fourth-order valence-electron chi connectivity index (χ4n) is 6.94. The van der Waals surface area contributed by atoms with Crippen molar-refractivity contribution in [3.8, 4) is 0 Å². The number of rotatable bonds is 32. The summed E-state index contributed by atoms with van der Waals surface area (Å²) >= 11 is 0. The maximum Gasteiger partial charge on any atom is 0.113 e. The molecule has 0 fully saturated rings. The van der Waals surface area contributed by atoms with Gasteiger partial charge in [-0.25, -0.2) is 0 Å². The number of hydrogen-bond donors (Lipinski definition) is 0. The summed E-state index contributed by atoms with van der Waals surface area (Å²) in [5.41, 5.74) is 2.82. The third-order valence-corrected chi connectivity index (χ3v) is 9.89. The molecule has 2 aromatic rings. The largest absolute Gasteiger partial charge is 0.264 e. The highest BCUT2D eigenvalue weighted by atomic mass is 15.3. The molecule has 0 aromatic heterocycles. The van der Waals surface area contributed by atoms with E-state index in [1.54, 1.807) is 0 Å². The smallest absolute Gasteiger partial charge is 0.113 e. The second-order valence-electron chi connectivity index (χ2n) is 14.5. The molecule has 47 heavy (non-hydrogen) atoms. The van der Waals surface area contributed by atoms with E-state index in [2.05, 4.69) is 99.1 Å². The zero-order valence-electron chi connectivity index (χ0n) is 31.3. The number of hydrogen-bond acceptors (Lipinski definition) is 0. The van der Waals surface area contributed by atoms with Gasteiger partial charge in [0.15, 0.2) is 0 Å². The molecule has 2 aromatic carbocycles. The van der Waals surface area contributed by atoms with Gasteiger partial charge in [-0.3, -0.25) is 4.48 Å². The summed E-state index contributed by atoms with van der Waals surface area (Å²) in [6, 6.07) is 22.3. The Hall–Kier alpha value is -2.12. The Morgan fingerprint density at radius 1 is 0.362 bits per heavy atom. The summed E-state index contributed by atoms with van der Waals surface area (Å²) in [5, 5.41) is 0. The summed E-state index contributed by atoms with van der Waals surface area (Å²) in [6.07, 6.45) is 46.3. The van der Waals surface area contributed by atoms with Crippen LogP contribution in [0.25, 0.3) is 0 Å². The highest BCUT2D eigenvalue weighted by molar-refractivity contribution is 5.16. The molecule has 1 nitrogen and oxygen atoms in total. The van der Waals surface area contributed by atoms with Crippen LogP contribution >= 0.6 is 0 Å². The van der Waals surface area contributed by atoms with Crippen LogP contribution in [-0.2, 0) is 13.1 Å². The van der Waals surface area contributed by atoms with Crippen molar-refractivity contribution >= 4 is 0 Å². The lowest BCUT2D eigenvalue weighted by molar-refractivity contribution is -0.856. The number of benzene rings is 2. The standard InChI is InChI=1S/C46H76N/c1-3-5-7-9-11-13-15-17-19-21-23-25-27-35-41-47(43-45-37-31-29-32-38-45,44-46-39-33-30-34-40-46)42-36-28-26-24-22-20-18-16-14-12-10-8-6-4-2/h29-42H,3-28,43-44H2,1-2H3/q+1/b41-35-,42-36+. The van der Waals surface area contributed by atoms with Gasteiger partial charge in [-0.15, -0.1) is 0 Å². The molecule has 0 atom stereocenters. The molecule has 264 valence electrons. The van der Waals surface area contributed by atoms with Gasteiger partial charge in [0.2, 0.25) is 0 Å². The number of unbranched alkanes of at least 4 members (excludes halogenated alkanes) is 24. The number of nitrogens with zero attached hydrogens (tertiary/aromatic N) is 1. The zero-order chi connectivity index (χ0) is 33.4. The minimum Gasteiger partial charge on any atom is -0.264 e. The van der Waals surface area contributed by atoms with Gasteiger partial charge in [-0.1, -0.05) is 216 Å². The molecule has 0 bridgehead atoms. The van der Waals surface area contributed by atoms with Crippen molar-refractivity contribution in [3.63, 3.8) is 0 Å². The van der Waals surface area contributed by atoms with E-state index >= 15 is 0 Å². The van der Waals surface area contributed by atoms with Crippen LogP contribution in [0.3, 0.4) is 0 Å². The first-order valence-corrected chi connectivity index (χ1v) is 20.6. The van der Waals surface area contributed by atoms with Crippen molar-refractivity contribution in [2.24, 2.45) is 0 Å². The van der Waals surface area contributed by atoms with Gasteiger partial charge in [0.25, 0.3) is 0 Å². The van der Waals surface area contributed by atoms with Crippen molar-refractivity contribution in [1.29, 1.82) is 0 Å². The van der Waals surface area contributed by atoms with Crippen molar-refractivity contribution in [2.75, 3.05) is 0 Å². The SMILES string of the molecule is CCCCCCCCCCCCCC/C=C\[N+](/C=C/CCCCCCCCCCCCCC)(Cc1ccccc1)Cc1ccccc1. The Labute approximate surface area is 293 Å². The Bertz CT molecular complexity index is 893. The van der Waals surface area contributed by atoms with Crippen LogP contribution in [-0.4, -0.2) is 4.48 Å². The molecule has 0 unspecified atom stereocenters. The summed E-state index contributed by atoms with van der Waals surface area (Å²) < 4.78 is 0.866. The predicted octanol–water partition coefficient (Wildman–Crippen LogP) is 15.4. The highest BCUT2D eigenvalue weighted by Crippen LogP contribution is 2.24. The quantitative estimate of drug-likeness (QED) is 0.0550. The maximum atomic E-state index is 2.53. The van der Waals surface area contributed by atoms with Crippen molar-refractivity contribution in [3.05, 3.63) is 96.3 Å². The highest BCUT2D eigenvalue weighted by Gasteiger charge is 2.23. The average molecular weight is 643 g/mol. The fraction of sp³-hybridized carbons (Fsp3) is 0.652. The third kappa shape index (κ3) is 23.0. The van der Waals surface area contributed by atoms with E-state index in [0.29, 0.717) is 0 Å². The van der Waals surface area contributed by atoms with Gasteiger partial charge >= 0.3 is 0 Å². The van der Waals surface area contributed by atoms with Gasteiger partial charge in [-0.2, -0.15) is 0 Å². The third-order valence-electron chi connectivity index (χ3n) is 9.89. The summed E-state index contributed by atoms with van der Waals surface area (Å²) in [6.45, 7) is 6.61. The first kappa shape index (κ1) is 41.1. The monoisotopic (exact) mass is 643 g/mol. The first-order chi connectivity index (χ1) is 23.3. The topological polar surface area (TPSA) is 0 Å². The fourth-order valence-corrected chi connectivity index (χ4v) is 6.94. The average Bonchev–Trinajstić information content (AvgIpc) is 3.09. The molecule has 0 aliphatic carbocycles. The van der Waals surface area contributed by atoms with E-state index in [1.807, 2.05) is 0 Å². The van der Waals surface area contributed by atoms with E-state index in [9.17, 15) is 0 Å². The Balaban J connectivity index is 1.82. The molecule has 2 rings (SSSR count). The zero-order valence-corrected chi connectivity index (χ0v) is 31.3. The van der Waals surface area contributed by atoms with E-state index in [-0.39, 0.29) is 0 Å². The molecule has 0 saturated heterocycles. The Morgan fingerprint density at radius 3 is 0.936 bits per heavy atom. The molecule has 0 amide bonds. The molecule has 0 N–H and O–H groups in total. The lowest BCUT2D eigenvalue weighted by Crippen LogP contribution is -2.35. The normalized spacial score (nSPS) is 12.1. The van der Waals surface area contributed by atoms with Gasteiger partial charge in [-0.05, 0) is 37.8 Å². The van der Waals surface area contributed by atoms with Gasteiger partial charge in [0, 0.05) is 11.1 Å². The minimum atomic E-state index is 0.866. The van der Waals surface area contributed by atoms with Gasteiger partial charge in [0.05, 0.1) is 12.4 Å². The van der Waals surface area contributed by atoms with Crippen LogP contribution in [0.5, 0.6) is 0 Å². The predicted molar refractivity (Wildman–Crippen MR) is 210 cm³/mol. The Morgan fingerprint density at radius 2 is 0.638 bits per heavy atom. The van der Waals surface area contributed by atoms with E-state index in [1.165, 1.54) is 178 Å². The number of allylic oxidation sites excluding steroid dienone is 2. The summed E-state index contributed by atoms with van der Waals surface area (Å²) in [7, 11) is 0. The molecule has 0 aliphatic heterocycles. The molecule has 0 heterocycles. The van der Waals surface area contributed by atoms with E-state index in [4.69, 9.17) is 0 Å². The first-order valence-electron chi connectivity index (χ1n) is 20.6. The molecule has 0 aliphatic rings. The van der Waals surface area contributed by atoms with Gasteiger partial charge in [0.1, 0.15) is 13.1 Å². The molecule has 0 radical (unpaired) electrons. The summed E-state index contributed by atoms with van der Waals surface area (Å²) in [5.74, 6) is 0.